The Morgan fingerprint density at radius 3 is 2.86 bits per heavy atom. The van der Waals surface area contributed by atoms with Crippen LogP contribution >= 0.6 is 0 Å². The fraction of sp³-hybridized carbons (Fsp3) is 0.636. The van der Waals surface area contributed by atoms with Crippen LogP contribution in [0.15, 0.2) is 0 Å². The molecule has 1 N–H and O–H groups in total. The summed E-state index contributed by atoms with van der Waals surface area (Å²) in [5.74, 6) is 0.906. The molecule has 0 spiro atoms. The maximum absolute atomic E-state index is 8.79. The minimum Gasteiger partial charge on any atom is -0.346 e. The molecule has 3 heteroatoms. The maximum Gasteiger partial charge on any atom is 0.106 e. The summed E-state index contributed by atoms with van der Waals surface area (Å²) < 4.78 is 0. The summed E-state index contributed by atoms with van der Waals surface area (Å²) in [6.45, 7) is 6.02. The quantitative estimate of drug-likeness (QED) is 0.795. The molecule has 0 bridgehead atoms. The monoisotopic (exact) mass is 191 g/mol. The number of hydrogen-bond donors (Lipinski definition) is 1. The largest absolute Gasteiger partial charge is 0.346 e. The predicted molar refractivity (Wildman–Crippen MR) is 56.0 cm³/mol. The zero-order chi connectivity index (χ0) is 10.6. The van der Waals surface area contributed by atoms with Crippen molar-refractivity contribution in [3.63, 3.8) is 0 Å². The van der Waals surface area contributed by atoms with Crippen molar-refractivity contribution in [1.82, 2.24) is 9.97 Å². The first kappa shape index (κ1) is 10.8. The van der Waals surface area contributed by atoms with Crippen LogP contribution in [0.25, 0.3) is 0 Å². The van der Waals surface area contributed by atoms with E-state index in [0.29, 0.717) is 0 Å². The van der Waals surface area contributed by atoms with Crippen LogP contribution in [0.4, 0.5) is 0 Å². The van der Waals surface area contributed by atoms with Crippen LogP contribution in [-0.2, 0) is 6.42 Å². The highest BCUT2D eigenvalue weighted by Gasteiger charge is 2.12. The molecule has 0 fully saturated rings. The van der Waals surface area contributed by atoms with Gasteiger partial charge in [0.2, 0.25) is 0 Å². The van der Waals surface area contributed by atoms with E-state index in [4.69, 9.17) is 5.26 Å². The summed E-state index contributed by atoms with van der Waals surface area (Å²) in [5.41, 5.74) is 1.93. The average molecular weight is 191 g/mol. The molecule has 1 rings (SSSR count). The standard InChI is InChI=1S/C11H17N3/c1-4-5-6-10-13-9(3)11(14-10)8(2)7-12/h8H,4-6H2,1-3H3,(H,13,14). The fourth-order valence-electron chi connectivity index (χ4n) is 1.48. The number of nitrogens with one attached hydrogen (secondary N) is 1. The van der Waals surface area contributed by atoms with Crippen molar-refractivity contribution in [2.24, 2.45) is 0 Å². The van der Waals surface area contributed by atoms with Gasteiger partial charge in [-0.05, 0) is 20.3 Å². The van der Waals surface area contributed by atoms with E-state index < -0.39 is 0 Å². The molecule has 0 aliphatic carbocycles. The summed E-state index contributed by atoms with van der Waals surface area (Å²) in [6.07, 6.45) is 3.30. The minimum atomic E-state index is -0.110. The molecule has 1 aromatic heterocycles. The summed E-state index contributed by atoms with van der Waals surface area (Å²) >= 11 is 0. The summed E-state index contributed by atoms with van der Waals surface area (Å²) in [5, 5.41) is 8.79. The van der Waals surface area contributed by atoms with Gasteiger partial charge in [0, 0.05) is 12.1 Å². The van der Waals surface area contributed by atoms with Gasteiger partial charge in [0.25, 0.3) is 0 Å². The van der Waals surface area contributed by atoms with Crippen LogP contribution in [0.3, 0.4) is 0 Å². The van der Waals surface area contributed by atoms with Gasteiger partial charge in [-0.1, -0.05) is 13.3 Å². The molecule has 0 aliphatic heterocycles. The van der Waals surface area contributed by atoms with E-state index in [2.05, 4.69) is 23.0 Å². The Labute approximate surface area is 85.2 Å². The van der Waals surface area contributed by atoms with E-state index in [1.54, 1.807) is 0 Å². The van der Waals surface area contributed by atoms with Crippen molar-refractivity contribution in [3.8, 4) is 6.07 Å². The van der Waals surface area contributed by atoms with Gasteiger partial charge in [0.1, 0.15) is 5.82 Å². The molecule has 1 unspecified atom stereocenters. The second-order valence-corrected chi connectivity index (χ2v) is 3.65. The van der Waals surface area contributed by atoms with Gasteiger partial charge < -0.3 is 4.98 Å². The Morgan fingerprint density at radius 1 is 1.57 bits per heavy atom. The van der Waals surface area contributed by atoms with E-state index in [1.165, 1.54) is 6.42 Å². The highest BCUT2D eigenvalue weighted by Crippen LogP contribution is 2.16. The smallest absolute Gasteiger partial charge is 0.106 e. The molecule has 1 heterocycles. The first-order chi connectivity index (χ1) is 6.69. The SMILES string of the molecule is CCCCc1nc(C(C)C#N)c(C)[nH]1. The first-order valence-corrected chi connectivity index (χ1v) is 5.14. The third-order valence-electron chi connectivity index (χ3n) is 2.34. The van der Waals surface area contributed by atoms with Gasteiger partial charge in [0.05, 0.1) is 17.7 Å². The van der Waals surface area contributed by atoms with E-state index in [1.807, 2.05) is 13.8 Å². The third kappa shape index (κ3) is 2.35. The number of hydrogen-bond acceptors (Lipinski definition) is 2. The molecule has 0 aromatic carbocycles. The van der Waals surface area contributed by atoms with Crippen molar-refractivity contribution in [3.05, 3.63) is 17.2 Å². The maximum atomic E-state index is 8.79. The van der Waals surface area contributed by atoms with Gasteiger partial charge in [-0.25, -0.2) is 4.98 Å². The lowest BCUT2D eigenvalue weighted by atomic mass is 10.1. The molecule has 0 amide bonds. The lowest BCUT2D eigenvalue weighted by Crippen LogP contribution is -1.93. The molecule has 3 nitrogen and oxygen atoms in total. The van der Waals surface area contributed by atoms with Crippen LogP contribution in [-0.4, -0.2) is 9.97 Å². The number of nitrogens with zero attached hydrogens (tertiary/aromatic N) is 2. The normalized spacial score (nSPS) is 12.4. The molecular formula is C11H17N3. The number of aromatic amines is 1. The highest BCUT2D eigenvalue weighted by molar-refractivity contribution is 5.22. The van der Waals surface area contributed by atoms with Crippen LogP contribution < -0.4 is 0 Å². The molecule has 0 aliphatic rings. The molecule has 76 valence electrons. The third-order valence-corrected chi connectivity index (χ3v) is 2.34. The summed E-state index contributed by atoms with van der Waals surface area (Å²) in [7, 11) is 0. The zero-order valence-corrected chi connectivity index (χ0v) is 9.09. The van der Waals surface area contributed by atoms with Gasteiger partial charge in [-0.3, -0.25) is 0 Å². The van der Waals surface area contributed by atoms with E-state index in [0.717, 1.165) is 30.1 Å². The summed E-state index contributed by atoms with van der Waals surface area (Å²) in [6, 6.07) is 2.21. The Kier molecular flexibility index (Phi) is 3.70. The highest BCUT2D eigenvalue weighted by atomic mass is 14.9. The van der Waals surface area contributed by atoms with Gasteiger partial charge in [0.15, 0.2) is 0 Å². The Bertz CT molecular complexity index is 333. The first-order valence-electron chi connectivity index (χ1n) is 5.14. The van der Waals surface area contributed by atoms with Crippen LogP contribution in [0.1, 0.15) is 49.8 Å². The fourth-order valence-corrected chi connectivity index (χ4v) is 1.48. The Hall–Kier alpha value is -1.30. The topological polar surface area (TPSA) is 52.5 Å². The van der Waals surface area contributed by atoms with Crippen LogP contribution in [0.5, 0.6) is 0 Å². The van der Waals surface area contributed by atoms with Gasteiger partial charge in [-0.15, -0.1) is 0 Å². The lowest BCUT2D eigenvalue weighted by molar-refractivity contribution is 0.758. The van der Waals surface area contributed by atoms with Crippen LogP contribution in [0, 0.1) is 18.3 Å². The molecular weight excluding hydrogens is 174 g/mol. The zero-order valence-electron chi connectivity index (χ0n) is 9.09. The van der Waals surface area contributed by atoms with Crippen molar-refractivity contribution < 1.29 is 0 Å². The van der Waals surface area contributed by atoms with Crippen LogP contribution in [0.2, 0.25) is 0 Å². The van der Waals surface area contributed by atoms with Crippen molar-refractivity contribution >= 4 is 0 Å². The average Bonchev–Trinajstić information content (AvgIpc) is 2.55. The second-order valence-electron chi connectivity index (χ2n) is 3.65. The van der Waals surface area contributed by atoms with Gasteiger partial charge >= 0.3 is 0 Å². The Balaban J connectivity index is 2.78. The van der Waals surface area contributed by atoms with E-state index >= 15 is 0 Å². The number of H-pyrrole nitrogens is 1. The molecule has 1 atom stereocenters. The molecule has 1 aromatic rings. The lowest BCUT2D eigenvalue weighted by Gasteiger charge is -1.96. The molecule has 14 heavy (non-hydrogen) atoms. The Morgan fingerprint density at radius 2 is 2.29 bits per heavy atom. The van der Waals surface area contributed by atoms with Crippen molar-refractivity contribution in [2.75, 3.05) is 0 Å². The molecule has 0 radical (unpaired) electrons. The predicted octanol–water partition coefficient (Wildman–Crippen LogP) is 2.69. The number of nitriles is 1. The summed E-state index contributed by atoms with van der Waals surface area (Å²) in [4.78, 5) is 7.67. The molecule has 0 saturated heterocycles. The molecule has 0 saturated carbocycles. The number of rotatable bonds is 4. The van der Waals surface area contributed by atoms with Gasteiger partial charge in [-0.2, -0.15) is 5.26 Å². The number of imidazole rings is 1. The second kappa shape index (κ2) is 4.80. The van der Waals surface area contributed by atoms with E-state index in [9.17, 15) is 0 Å². The van der Waals surface area contributed by atoms with E-state index in [-0.39, 0.29) is 5.92 Å². The van der Waals surface area contributed by atoms with Crippen molar-refractivity contribution in [1.29, 1.82) is 5.26 Å². The number of aryl methyl sites for hydroxylation is 2. The number of aromatic nitrogens is 2. The van der Waals surface area contributed by atoms with Crippen molar-refractivity contribution in [2.45, 2.75) is 46.0 Å². The minimum absolute atomic E-state index is 0.110. The number of unbranched alkanes of at least 4 members (excludes halogenated alkanes) is 1.